The van der Waals surface area contributed by atoms with Gasteiger partial charge in [0.15, 0.2) is 5.82 Å². The van der Waals surface area contributed by atoms with E-state index in [-0.39, 0.29) is 5.91 Å². The first kappa shape index (κ1) is 16.1. The number of hydrogen-bond acceptors (Lipinski definition) is 4. The van der Waals surface area contributed by atoms with Crippen molar-refractivity contribution in [3.05, 3.63) is 83.2 Å². The highest BCUT2D eigenvalue weighted by molar-refractivity contribution is 5.95. The topological polar surface area (TPSA) is 55.3 Å². The smallest absolute Gasteiger partial charge is 0.254 e. The van der Waals surface area contributed by atoms with E-state index < -0.39 is 5.60 Å². The molecule has 1 fully saturated rings. The predicted molar refractivity (Wildman–Crippen MR) is 101 cm³/mol. The van der Waals surface area contributed by atoms with Crippen molar-refractivity contribution in [2.24, 2.45) is 0 Å². The van der Waals surface area contributed by atoms with Crippen LogP contribution in [0.1, 0.15) is 27.2 Å². The molecule has 134 valence electrons. The van der Waals surface area contributed by atoms with Crippen molar-refractivity contribution < 1.29 is 9.53 Å². The zero-order valence-electron chi connectivity index (χ0n) is 15.1. The first-order chi connectivity index (χ1) is 13.1. The summed E-state index contributed by atoms with van der Waals surface area (Å²) in [4.78, 5) is 23.8. The molecule has 0 bridgehead atoms. The number of hydrogen-bond donors (Lipinski definition) is 0. The van der Waals surface area contributed by atoms with Crippen LogP contribution in [0.25, 0.3) is 11.4 Å². The van der Waals surface area contributed by atoms with Crippen LogP contribution < -0.4 is 0 Å². The lowest BCUT2D eigenvalue weighted by atomic mass is 9.87. The Morgan fingerprint density at radius 1 is 1.11 bits per heavy atom. The highest BCUT2D eigenvalue weighted by Crippen LogP contribution is 2.43. The molecule has 0 aliphatic carbocycles. The summed E-state index contributed by atoms with van der Waals surface area (Å²) >= 11 is 0. The SMILES string of the molecule is Cc1cccc(C(=O)N2CC3(C2)OCc2nc(-c4ccccc4)ncc23)c1. The van der Waals surface area contributed by atoms with Gasteiger partial charge in [-0.1, -0.05) is 48.0 Å². The molecule has 3 aromatic rings. The van der Waals surface area contributed by atoms with E-state index >= 15 is 0 Å². The standard InChI is InChI=1S/C22H19N3O2/c1-15-6-5-9-17(10-15)21(26)25-13-22(14-25)18-11-23-20(24-19(18)12-27-22)16-7-3-2-4-8-16/h2-11H,12-14H2,1H3. The van der Waals surface area contributed by atoms with Crippen LogP contribution in [0.5, 0.6) is 0 Å². The molecule has 3 heterocycles. The van der Waals surface area contributed by atoms with Crippen LogP contribution in [0.15, 0.2) is 60.8 Å². The molecule has 1 aromatic heterocycles. The molecule has 27 heavy (non-hydrogen) atoms. The van der Waals surface area contributed by atoms with Crippen LogP contribution in [0.2, 0.25) is 0 Å². The summed E-state index contributed by atoms with van der Waals surface area (Å²) < 4.78 is 6.08. The summed E-state index contributed by atoms with van der Waals surface area (Å²) in [6, 6.07) is 17.6. The Labute approximate surface area is 157 Å². The third-order valence-electron chi connectivity index (χ3n) is 5.32. The number of aryl methyl sites for hydroxylation is 1. The van der Waals surface area contributed by atoms with E-state index in [0.29, 0.717) is 25.5 Å². The van der Waals surface area contributed by atoms with Gasteiger partial charge < -0.3 is 9.64 Å². The lowest BCUT2D eigenvalue weighted by Gasteiger charge is -2.47. The maximum atomic E-state index is 12.7. The van der Waals surface area contributed by atoms with Crippen molar-refractivity contribution in [1.29, 1.82) is 0 Å². The van der Waals surface area contributed by atoms with Crippen LogP contribution >= 0.6 is 0 Å². The molecular weight excluding hydrogens is 338 g/mol. The summed E-state index contributed by atoms with van der Waals surface area (Å²) in [6.45, 7) is 3.54. The minimum atomic E-state index is -0.454. The second-order valence-corrected chi connectivity index (χ2v) is 7.23. The average molecular weight is 357 g/mol. The number of rotatable bonds is 2. The van der Waals surface area contributed by atoms with Crippen molar-refractivity contribution in [2.45, 2.75) is 19.1 Å². The molecule has 0 saturated carbocycles. The first-order valence-electron chi connectivity index (χ1n) is 9.06. The summed E-state index contributed by atoms with van der Waals surface area (Å²) in [7, 11) is 0. The number of nitrogens with zero attached hydrogens (tertiary/aromatic N) is 3. The lowest BCUT2D eigenvalue weighted by Crippen LogP contribution is -2.61. The predicted octanol–water partition coefficient (Wildman–Crippen LogP) is 3.33. The molecule has 1 saturated heterocycles. The highest BCUT2D eigenvalue weighted by atomic mass is 16.5. The largest absolute Gasteiger partial charge is 0.360 e. The van der Waals surface area contributed by atoms with Crippen LogP contribution in [0.4, 0.5) is 0 Å². The Balaban J connectivity index is 1.37. The molecular formula is C22H19N3O2. The molecule has 2 aliphatic rings. The van der Waals surface area contributed by atoms with E-state index in [4.69, 9.17) is 9.72 Å². The van der Waals surface area contributed by atoms with Gasteiger partial charge in [-0.25, -0.2) is 9.97 Å². The summed E-state index contributed by atoms with van der Waals surface area (Å²) in [6.07, 6.45) is 1.87. The number of ether oxygens (including phenoxy) is 1. The Kier molecular flexibility index (Phi) is 3.58. The second-order valence-electron chi connectivity index (χ2n) is 7.23. The van der Waals surface area contributed by atoms with E-state index in [2.05, 4.69) is 4.98 Å². The van der Waals surface area contributed by atoms with Gasteiger partial charge in [-0.15, -0.1) is 0 Å². The number of likely N-dealkylation sites (tertiary alicyclic amines) is 1. The van der Waals surface area contributed by atoms with Gasteiger partial charge >= 0.3 is 0 Å². The van der Waals surface area contributed by atoms with E-state index in [1.54, 1.807) is 0 Å². The lowest BCUT2D eigenvalue weighted by molar-refractivity contribution is -0.126. The zero-order valence-corrected chi connectivity index (χ0v) is 15.1. The normalized spacial score (nSPS) is 16.9. The van der Waals surface area contributed by atoms with Gasteiger partial charge in [0.05, 0.1) is 25.4 Å². The fourth-order valence-electron chi connectivity index (χ4n) is 3.85. The molecule has 1 amide bonds. The Morgan fingerprint density at radius 2 is 1.93 bits per heavy atom. The molecule has 0 N–H and O–H groups in total. The van der Waals surface area contributed by atoms with E-state index in [1.807, 2.05) is 72.6 Å². The molecule has 5 rings (SSSR count). The Morgan fingerprint density at radius 3 is 2.70 bits per heavy atom. The molecule has 0 radical (unpaired) electrons. The van der Waals surface area contributed by atoms with Gasteiger partial charge in [-0.2, -0.15) is 0 Å². The monoisotopic (exact) mass is 357 g/mol. The molecule has 5 nitrogen and oxygen atoms in total. The number of fused-ring (bicyclic) bond motifs is 2. The quantitative estimate of drug-likeness (QED) is 0.706. The van der Waals surface area contributed by atoms with Crippen LogP contribution in [-0.4, -0.2) is 33.9 Å². The van der Waals surface area contributed by atoms with Gasteiger partial charge in [0.1, 0.15) is 5.60 Å². The van der Waals surface area contributed by atoms with Gasteiger partial charge in [-0.05, 0) is 19.1 Å². The highest BCUT2D eigenvalue weighted by Gasteiger charge is 2.52. The molecule has 2 aromatic carbocycles. The van der Waals surface area contributed by atoms with E-state index in [1.165, 1.54) is 0 Å². The fraction of sp³-hybridized carbons (Fsp3) is 0.227. The third-order valence-corrected chi connectivity index (χ3v) is 5.32. The molecule has 2 aliphatic heterocycles. The van der Waals surface area contributed by atoms with Crippen LogP contribution in [0, 0.1) is 6.92 Å². The van der Waals surface area contributed by atoms with Crippen LogP contribution in [0.3, 0.4) is 0 Å². The van der Waals surface area contributed by atoms with Crippen molar-refractivity contribution in [1.82, 2.24) is 14.9 Å². The summed E-state index contributed by atoms with van der Waals surface area (Å²) in [5.74, 6) is 0.755. The summed E-state index contributed by atoms with van der Waals surface area (Å²) in [5, 5.41) is 0. The van der Waals surface area contributed by atoms with Gasteiger partial charge in [0.25, 0.3) is 5.91 Å². The molecule has 1 spiro atoms. The van der Waals surface area contributed by atoms with Crippen LogP contribution in [-0.2, 0) is 16.9 Å². The number of amides is 1. The molecule has 5 heteroatoms. The first-order valence-corrected chi connectivity index (χ1v) is 9.06. The van der Waals surface area contributed by atoms with Crippen molar-refractivity contribution in [2.75, 3.05) is 13.1 Å². The average Bonchev–Trinajstić information content (AvgIpc) is 3.06. The zero-order chi connectivity index (χ0) is 18.4. The molecule has 0 unspecified atom stereocenters. The van der Waals surface area contributed by atoms with Gasteiger partial charge in [0.2, 0.25) is 0 Å². The number of aromatic nitrogens is 2. The van der Waals surface area contributed by atoms with Gasteiger partial charge in [-0.3, -0.25) is 4.79 Å². The Bertz CT molecular complexity index is 1030. The van der Waals surface area contributed by atoms with Crippen molar-refractivity contribution in [3.8, 4) is 11.4 Å². The maximum absolute atomic E-state index is 12.7. The fourth-order valence-corrected chi connectivity index (χ4v) is 3.85. The minimum absolute atomic E-state index is 0.0446. The van der Waals surface area contributed by atoms with E-state index in [0.717, 1.165) is 27.9 Å². The number of carbonyl (C=O) groups excluding carboxylic acids is 1. The summed E-state index contributed by atoms with van der Waals surface area (Å²) in [5.41, 5.74) is 4.27. The van der Waals surface area contributed by atoms with Gasteiger partial charge in [0, 0.05) is 22.9 Å². The number of carbonyl (C=O) groups is 1. The second kappa shape index (κ2) is 5.99. The number of benzene rings is 2. The minimum Gasteiger partial charge on any atom is -0.360 e. The molecule has 0 atom stereocenters. The Hall–Kier alpha value is -3.05. The third kappa shape index (κ3) is 2.62. The van der Waals surface area contributed by atoms with Crippen molar-refractivity contribution in [3.63, 3.8) is 0 Å². The maximum Gasteiger partial charge on any atom is 0.254 e. The van der Waals surface area contributed by atoms with Crippen molar-refractivity contribution >= 4 is 5.91 Å². The van der Waals surface area contributed by atoms with E-state index in [9.17, 15) is 4.79 Å².